The van der Waals surface area contributed by atoms with Crippen LogP contribution in [0.5, 0.6) is 0 Å². The molecule has 56 valence electrons. The highest BCUT2D eigenvalue weighted by molar-refractivity contribution is 5.57. The molecule has 1 N–H and O–H groups in total. The van der Waals surface area contributed by atoms with E-state index < -0.39 is 18.7 Å². The Morgan fingerprint density at radius 1 is 1.80 bits per heavy atom. The van der Waals surface area contributed by atoms with Crippen LogP contribution in [0.3, 0.4) is 0 Å². The van der Waals surface area contributed by atoms with Gasteiger partial charge < -0.3 is 9.84 Å². The maximum absolute atomic E-state index is 10.1. The van der Waals surface area contributed by atoms with E-state index in [1.807, 2.05) is 12.2 Å². The highest BCUT2D eigenvalue weighted by atomic mass is 16.7. The van der Waals surface area contributed by atoms with Gasteiger partial charge in [-0.3, -0.25) is 0 Å². The van der Waals surface area contributed by atoms with E-state index in [1.54, 1.807) is 0 Å². The Bertz CT molecular complexity index is 179. The summed E-state index contributed by atoms with van der Waals surface area (Å²) in [6.07, 6.45) is 2.63. The van der Waals surface area contributed by atoms with Gasteiger partial charge in [0.05, 0.1) is 0 Å². The van der Waals surface area contributed by atoms with Gasteiger partial charge in [0.25, 0.3) is 0 Å². The molecule has 1 aliphatic rings. The standard InChI is InChI=1S/C7H10O3/c8-7(9)10-6-4-2-1-3-5-6/h1-2,6H,3-5H2,(H,8,9)/i5D. The van der Waals surface area contributed by atoms with Crippen molar-refractivity contribution in [1.82, 2.24) is 0 Å². The van der Waals surface area contributed by atoms with Crippen molar-refractivity contribution in [2.75, 3.05) is 0 Å². The smallest absolute Gasteiger partial charge is 0.450 e. The number of hydrogen-bond donors (Lipinski definition) is 1. The first-order valence-corrected chi connectivity index (χ1v) is 3.17. The fraction of sp³-hybridized carbons (Fsp3) is 0.571. The van der Waals surface area contributed by atoms with Crippen LogP contribution in [0.2, 0.25) is 0 Å². The summed E-state index contributed by atoms with van der Waals surface area (Å²) < 4.78 is 11.9. The first-order chi connectivity index (χ1) is 5.20. The largest absolute Gasteiger partial charge is 0.506 e. The monoisotopic (exact) mass is 143 g/mol. The summed E-state index contributed by atoms with van der Waals surface area (Å²) in [5.74, 6) is 0. The molecule has 2 unspecified atom stereocenters. The lowest BCUT2D eigenvalue weighted by Crippen LogP contribution is -2.17. The van der Waals surface area contributed by atoms with Gasteiger partial charge in [-0.15, -0.1) is 0 Å². The van der Waals surface area contributed by atoms with Crippen molar-refractivity contribution < 1.29 is 16.0 Å². The van der Waals surface area contributed by atoms with Gasteiger partial charge in [0.2, 0.25) is 0 Å². The number of rotatable bonds is 1. The van der Waals surface area contributed by atoms with Crippen LogP contribution in [0.1, 0.15) is 20.6 Å². The molecule has 0 saturated carbocycles. The molecule has 0 aromatic rings. The molecule has 3 heteroatoms. The number of carboxylic acid groups (broad SMARTS) is 1. The number of hydrogen-bond acceptors (Lipinski definition) is 2. The molecule has 0 aromatic carbocycles. The van der Waals surface area contributed by atoms with E-state index in [9.17, 15) is 4.79 Å². The summed E-state index contributed by atoms with van der Waals surface area (Å²) in [7, 11) is 0. The van der Waals surface area contributed by atoms with Gasteiger partial charge in [0, 0.05) is 7.79 Å². The summed E-state index contributed by atoms with van der Waals surface area (Å²) >= 11 is 0. The fourth-order valence-electron chi connectivity index (χ4n) is 0.879. The minimum absolute atomic E-state index is 0.434. The highest BCUT2D eigenvalue weighted by Crippen LogP contribution is 2.13. The Balaban J connectivity index is 2.44. The van der Waals surface area contributed by atoms with E-state index in [1.165, 1.54) is 0 Å². The van der Waals surface area contributed by atoms with E-state index in [4.69, 9.17) is 6.48 Å². The molecular weight excluding hydrogens is 132 g/mol. The highest BCUT2D eigenvalue weighted by Gasteiger charge is 2.12. The van der Waals surface area contributed by atoms with Crippen molar-refractivity contribution in [1.29, 1.82) is 0 Å². The molecule has 2 atom stereocenters. The van der Waals surface area contributed by atoms with E-state index in [0.29, 0.717) is 12.8 Å². The summed E-state index contributed by atoms with van der Waals surface area (Å²) in [5, 5.41) is 8.25. The predicted octanol–water partition coefficient (Wildman–Crippen LogP) is 1.79. The Labute approximate surface area is 60.7 Å². The third-order valence-corrected chi connectivity index (χ3v) is 1.32. The van der Waals surface area contributed by atoms with Crippen molar-refractivity contribution in [3.8, 4) is 0 Å². The predicted molar refractivity (Wildman–Crippen MR) is 35.9 cm³/mol. The zero-order valence-corrected chi connectivity index (χ0v) is 5.49. The second kappa shape index (κ2) is 3.25. The van der Waals surface area contributed by atoms with E-state index >= 15 is 0 Å². The van der Waals surface area contributed by atoms with Crippen LogP contribution in [0, 0.1) is 0 Å². The zero-order chi connectivity index (χ0) is 8.27. The van der Waals surface area contributed by atoms with Crippen LogP contribution in [-0.4, -0.2) is 17.4 Å². The molecule has 0 radical (unpaired) electrons. The van der Waals surface area contributed by atoms with Gasteiger partial charge in [-0.2, -0.15) is 0 Å². The molecule has 0 fully saturated rings. The Hall–Kier alpha value is -0.990. The summed E-state index contributed by atoms with van der Waals surface area (Å²) in [4.78, 5) is 10.1. The summed E-state index contributed by atoms with van der Waals surface area (Å²) in [6.45, 7) is 0. The van der Waals surface area contributed by atoms with E-state index in [2.05, 4.69) is 4.74 Å². The Morgan fingerprint density at radius 3 is 3.20 bits per heavy atom. The molecule has 3 nitrogen and oxygen atoms in total. The van der Waals surface area contributed by atoms with Gasteiger partial charge >= 0.3 is 6.16 Å². The van der Waals surface area contributed by atoms with Gasteiger partial charge in [0.1, 0.15) is 6.10 Å². The number of allylic oxidation sites excluding steroid dienone is 1. The SMILES string of the molecule is [2H]C1CC=CCC1OC(=O)O. The first-order valence-electron chi connectivity index (χ1n) is 3.74. The van der Waals surface area contributed by atoms with Gasteiger partial charge in [0.15, 0.2) is 0 Å². The van der Waals surface area contributed by atoms with Crippen LogP contribution in [-0.2, 0) is 4.74 Å². The molecule has 0 amide bonds. The maximum atomic E-state index is 10.1. The van der Waals surface area contributed by atoms with Gasteiger partial charge in [-0.05, 0) is 12.8 Å². The number of carbonyl (C=O) groups is 1. The Morgan fingerprint density at radius 2 is 2.60 bits per heavy atom. The maximum Gasteiger partial charge on any atom is 0.506 e. The van der Waals surface area contributed by atoms with Crippen LogP contribution >= 0.6 is 0 Å². The minimum Gasteiger partial charge on any atom is -0.450 e. The van der Waals surface area contributed by atoms with Crippen molar-refractivity contribution in [2.45, 2.75) is 25.3 Å². The van der Waals surface area contributed by atoms with E-state index in [0.717, 1.165) is 0 Å². The molecule has 0 bridgehead atoms. The summed E-state index contributed by atoms with van der Waals surface area (Å²) in [6, 6.07) is 0. The summed E-state index contributed by atoms with van der Waals surface area (Å²) in [5.41, 5.74) is 0. The molecule has 0 aromatic heterocycles. The lowest BCUT2D eigenvalue weighted by atomic mass is 10.1. The van der Waals surface area contributed by atoms with Crippen LogP contribution in [0.15, 0.2) is 12.2 Å². The molecular formula is C7H10O3. The van der Waals surface area contributed by atoms with Crippen molar-refractivity contribution in [3.63, 3.8) is 0 Å². The van der Waals surface area contributed by atoms with Crippen molar-refractivity contribution in [3.05, 3.63) is 12.2 Å². The molecule has 1 rings (SSSR count). The second-order valence-corrected chi connectivity index (χ2v) is 2.10. The Kier molecular flexibility index (Phi) is 1.87. The van der Waals surface area contributed by atoms with Gasteiger partial charge in [-0.1, -0.05) is 12.2 Å². The van der Waals surface area contributed by atoms with Crippen LogP contribution < -0.4 is 0 Å². The zero-order valence-electron chi connectivity index (χ0n) is 6.49. The molecule has 1 aliphatic carbocycles. The lowest BCUT2D eigenvalue weighted by Gasteiger charge is -2.15. The van der Waals surface area contributed by atoms with Crippen molar-refractivity contribution in [2.24, 2.45) is 0 Å². The van der Waals surface area contributed by atoms with Crippen molar-refractivity contribution >= 4 is 6.16 Å². The van der Waals surface area contributed by atoms with Crippen LogP contribution in [0.25, 0.3) is 0 Å². The quantitative estimate of drug-likeness (QED) is 0.449. The number of ether oxygens (including phenoxy) is 1. The molecule has 0 spiro atoms. The average molecular weight is 143 g/mol. The molecule has 0 saturated heterocycles. The van der Waals surface area contributed by atoms with E-state index in [-0.39, 0.29) is 0 Å². The molecule has 10 heavy (non-hydrogen) atoms. The fourth-order valence-corrected chi connectivity index (χ4v) is 0.879. The lowest BCUT2D eigenvalue weighted by molar-refractivity contribution is 0.0482. The second-order valence-electron chi connectivity index (χ2n) is 2.10. The third-order valence-electron chi connectivity index (χ3n) is 1.32. The average Bonchev–Trinajstić information content (AvgIpc) is 1.93. The molecule has 0 aliphatic heterocycles. The molecule has 0 heterocycles. The van der Waals surface area contributed by atoms with Gasteiger partial charge in [-0.25, -0.2) is 4.79 Å². The topological polar surface area (TPSA) is 46.5 Å². The third kappa shape index (κ3) is 2.09. The normalized spacial score (nSPS) is 33.0. The first kappa shape index (κ1) is 5.77. The minimum atomic E-state index is -1.29. The van der Waals surface area contributed by atoms with Crippen LogP contribution in [0.4, 0.5) is 4.79 Å².